The minimum Gasteiger partial charge on any atom is -0.710 e. The van der Waals surface area contributed by atoms with Crippen LogP contribution in [0.25, 0.3) is 0 Å². The fourth-order valence-corrected chi connectivity index (χ4v) is 2.09. The highest BCUT2D eigenvalue weighted by Gasteiger charge is 2.09. The Labute approximate surface area is 110 Å². The van der Waals surface area contributed by atoms with Gasteiger partial charge in [0.05, 0.1) is 6.07 Å². The number of unbranched alkanes of at least 4 members (excludes halogenated alkanes) is 2. The summed E-state index contributed by atoms with van der Waals surface area (Å²) in [4.78, 5) is 0. The summed E-state index contributed by atoms with van der Waals surface area (Å²) < 4.78 is 0.753. The molecule has 0 fully saturated rings. The lowest BCUT2D eigenvalue weighted by Gasteiger charge is -2.19. The van der Waals surface area contributed by atoms with Crippen molar-refractivity contribution in [2.75, 3.05) is 11.1 Å². The largest absolute Gasteiger partial charge is 0.710 e. The SMILES string of the molecule is CCCCCC(CC)Nc1cc(C)[n+]([O-])c(N)c1. The molecule has 0 aliphatic rings. The van der Waals surface area contributed by atoms with Gasteiger partial charge in [-0.25, -0.2) is 4.73 Å². The molecule has 0 radical (unpaired) electrons. The average molecular weight is 251 g/mol. The van der Waals surface area contributed by atoms with E-state index in [-0.39, 0.29) is 5.82 Å². The fraction of sp³-hybridized carbons (Fsp3) is 0.643. The Morgan fingerprint density at radius 1 is 1.33 bits per heavy atom. The molecule has 1 aromatic heterocycles. The fourth-order valence-electron chi connectivity index (χ4n) is 2.09. The second kappa shape index (κ2) is 7.09. The lowest BCUT2D eigenvalue weighted by atomic mass is 10.1. The maximum Gasteiger partial charge on any atom is 0.277 e. The Kier molecular flexibility index (Phi) is 5.75. The second-order valence-electron chi connectivity index (χ2n) is 4.85. The molecule has 0 spiro atoms. The summed E-state index contributed by atoms with van der Waals surface area (Å²) in [5.41, 5.74) is 7.24. The van der Waals surface area contributed by atoms with Crippen molar-refractivity contribution in [2.24, 2.45) is 0 Å². The van der Waals surface area contributed by atoms with E-state index in [2.05, 4.69) is 19.2 Å². The predicted molar refractivity (Wildman–Crippen MR) is 76.4 cm³/mol. The number of hydrogen-bond donors (Lipinski definition) is 2. The van der Waals surface area contributed by atoms with Crippen LogP contribution in [0.1, 0.15) is 51.6 Å². The van der Waals surface area contributed by atoms with Crippen LogP contribution in [0.2, 0.25) is 0 Å². The first kappa shape index (κ1) is 14.6. The van der Waals surface area contributed by atoms with Crippen LogP contribution in [0.3, 0.4) is 0 Å². The molecule has 0 aliphatic heterocycles. The van der Waals surface area contributed by atoms with E-state index in [1.165, 1.54) is 19.3 Å². The Morgan fingerprint density at radius 2 is 2.06 bits per heavy atom. The molecule has 102 valence electrons. The summed E-state index contributed by atoms with van der Waals surface area (Å²) in [6.07, 6.45) is 5.99. The molecule has 1 aromatic rings. The Bertz CT molecular complexity index is 356. The van der Waals surface area contributed by atoms with Crippen molar-refractivity contribution >= 4 is 11.5 Å². The molecular weight excluding hydrogens is 226 g/mol. The number of nitrogens with zero attached hydrogens (tertiary/aromatic N) is 1. The molecule has 3 N–H and O–H groups in total. The van der Waals surface area contributed by atoms with Gasteiger partial charge in [0.2, 0.25) is 0 Å². The molecule has 0 saturated heterocycles. The predicted octanol–water partition coefficient (Wildman–Crippen LogP) is 2.98. The zero-order valence-electron chi connectivity index (χ0n) is 11.7. The summed E-state index contributed by atoms with van der Waals surface area (Å²) in [7, 11) is 0. The van der Waals surface area contributed by atoms with E-state index in [1.54, 1.807) is 13.0 Å². The number of nitrogens with two attached hydrogens (primary N) is 1. The summed E-state index contributed by atoms with van der Waals surface area (Å²) in [6.45, 7) is 6.16. The van der Waals surface area contributed by atoms with E-state index in [1.807, 2.05) is 6.07 Å². The van der Waals surface area contributed by atoms with E-state index in [0.29, 0.717) is 11.7 Å². The second-order valence-corrected chi connectivity index (χ2v) is 4.85. The van der Waals surface area contributed by atoms with Gasteiger partial charge < -0.3 is 10.5 Å². The molecule has 4 heteroatoms. The molecule has 1 unspecified atom stereocenters. The highest BCUT2D eigenvalue weighted by atomic mass is 16.5. The molecule has 1 heterocycles. The van der Waals surface area contributed by atoms with Crippen molar-refractivity contribution in [1.82, 2.24) is 0 Å². The van der Waals surface area contributed by atoms with Gasteiger partial charge in [-0.05, 0) is 19.8 Å². The molecule has 0 aliphatic carbocycles. The maximum absolute atomic E-state index is 11.5. The molecular formula is C14H25N3O. The maximum atomic E-state index is 11.5. The zero-order valence-corrected chi connectivity index (χ0v) is 11.7. The standard InChI is InChI=1S/C14H25N3O/c1-4-6-7-8-12(5-2)16-13-9-11(3)17(18)14(15)10-13/h9-10,12,16H,4-8,15H2,1-3H3. The monoisotopic (exact) mass is 251 g/mol. The number of rotatable bonds is 7. The molecule has 0 bridgehead atoms. The molecule has 4 nitrogen and oxygen atoms in total. The number of nitrogen functional groups attached to an aromatic ring is 1. The first-order valence-electron chi connectivity index (χ1n) is 6.84. The van der Waals surface area contributed by atoms with E-state index in [4.69, 9.17) is 5.73 Å². The van der Waals surface area contributed by atoms with Crippen LogP contribution < -0.4 is 15.8 Å². The molecule has 0 aromatic carbocycles. The van der Waals surface area contributed by atoms with Gasteiger partial charge in [-0.2, -0.15) is 0 Å². The summed E-state index contributed by atoms with van der Waals surface area (Å²) in [5.74, 6) is 0.251. The summed E-state index contributed by atoms with van der Waals surface area (Å²) >= 11 is 0. The molecule has 0 saturated carbocycles. The highest BCUT2D eigenvalue weighted by molar-refractivity contribution is 5.49. The molecule has 1 rings (SSSR count). The Morgan fingerprint density at radius 3 is 2.61 bits per heavy atom. The average Bonchev–Trinajstić information content (AvgIpc) is 2.34. The third kappa shape index (κ3) is 4.09. The van der Waals surface area contributed by atoms with Crippen molar-refractivity contribution in [3.05, 3.63) is 23.0 Å². The number of aromatic nitrogens is 1. The van der Waals surface area contributed by atoms with Gasteiger partial charge in [-0.3, -0.25) is 5.73 Å². The zero-order chi connectivity index (χ0) is 13.5. The molecule has 1 atom stereocenters. The third-order valence-corrected chi connectivity index (χ3v) is 3.24. The van der Waals surface area contributed by atoms with Crippen LogP contribution in [0.15, 0.2) is 12.1 Å². The van der Waals surface area contributed by atoms with E-state index >= 15 is 0 Å². The van der Waals surface area contributed by atoms with Crippen molar-refractivity contribution in [3.63, 3.8) is 0 Å². The van der Waals surface area contributed by atoms with Crippen LogP contribution in [0.5, 0.6) is 0 Å². The van der Waals surface area contributed by atoms with Crippen molar-refractivity contribution in [3.8, 4) is 0 Å². The lowest BCUT2D eigenvalue weighted by molar-refractivity contribution is -0.596. The van der Waals surface area contributed by atoms with Gasteiger partial charge in [0.15, 0.2) is 0 Å². The minimum atomic E-state index is 0.251. The van der Waals surface area contributed by atoms with Crippen LogP contribution in [-0.2, 0) is 0 Å². The highest BCUT2D eigenvalue weighted by Crippen LogP contribution is 2.16. The smallest absolute Gasteiger partial charge is 0.277 e. The van der Waals surface area contributed by atoms with Crippen molar-refractivity contribution in [1.29, 1.82) is 0 Å². The van der Waals surface area contributed by atoms with Crippen LogP contribution >= 0.6 is 0 Å². The first-order valence-corrected chi connectivity index (χ1v) is 6.84. The number of aryl methyl sites for hydroxylation is 1. The number of anilines is 2. The van der Waals surface area contributed by atoms with Gasteiger partial charge in [-0.1, -0.05) is 33.1 Å². The normalized spacial score (nSPS) is 12.4. The van der Waals surface area contributed by atoms with Gasteiger partial charge in [0, 0.05) is 17.8 Å². The van der Waals surface area contributed by atoms with Crippen LogP contribution in [-0.4, -0.2) is 6.04 Å². The topological polar surface area (TPSA) is 65.0 Å². The quantitative estimate of drug-likeness (QED) is 0.445. The van der Waals surface area contributed by atoms with Gasteiger partial charge >= 0.3 is 0 Å². The number of hydrogen-bond acceptors (Lipinski definition) is 3. The van der Waals surface area contributed by atoms with E-state index in [0.717, 1.165) is 23.3 Å². The Hall–Kier alpha value is -1.45. The van der Waals surface area contributed by atoms with E-state index < -0.39 is 0 Å². The number of pyridine rings is 1. The first-order chi connectivity index (χ1) is 8.58. The van der Waals surface area contributed by atoms with Gasteiger partial charge in [0.1, 0.15) is 5.69 Å². The van der Waals surface area contributed by atoms with Crippen LogP contribution in [0, 0.1) is 12.1 Å². The lowest BCUT2D eigenvalue weighted by Crippen LogP contribution is -2.34. The van der Waals surface area contributed by atoms with Gasteiger partial charge in [-0.15, -0.1) is 0 Å². The molecule has 18 heavy (non-hydrogen) atoms. The van der Waals surface area contributed by atoms with Crippen LogP contribution in [0.4, 0.5) is 11.5 Å². The summed E-state index contributed by atoms with van der Waals surface area (Å²) in [6, 6.07) is 4.02. The van der Waals surface area contributed by atoms with Crippen molar-refractivity contribution < 1.29 is 4.73 Å². The van der Waals surface area contributed by atoms with Crippen molar-refractivity contribution in [2.45, 2.75) is 58.9 Å². The Balaban J connectivity index is 2.64. The van der Waals surface area contributed by atoms with Gasteiger partial charge in [0.25, 0.3) is 5.82 Å². The summed E-state index contributed by atoms with van der Waals surface area (Å²) in [5, 5.41) is 14.9. The molecule has 0 amide bonds. The number of nitrogens with one attached hydrogen (secondary N) is 1. The third-order valence-electron chi connectivity index (χ3n) is 3.24. The minimum absolute atomic E-state index is 0.251. The van der Waals surface area contributed by atoms with E-state index in [9.17, 15) is 5.21 Å².